The number of nitrogens with zero attached hydrogens (tertiary/aromatic N) is 5. The number of hydrogen-bond donors (Lipinski definition) is 1. The molecule has 3 aromatic rings. The van der Waals surface area contributed by atoms with Crippen LogP contribution in [-0.4, -0.2) is 58.7 Å². The van der Waals surface area contributed by atoms with E-state index in [1.165, 1.54) is 12.1 Å². The molecule has 2 heterocycles. The molecule has 1 aliphatic rings. The molecule has 0 aliphatic carbocycles. The smallest absolute Gasteiger partial charge is 0.257 e. The van der Waals surface area contributed by atoms with Crippen LogP contribution in [0.5, 0.6) is 0 Å². The van der Waals surface area contributed by atoms with E-state index in [-0.39, 0.29) is 38.1 Å². The van der Waals surface area contributed by atoms with Crippen molar-refractivity contribution in [2.45, 2.75) is 61.1 Å². The van der Waals surface area contributed by atoms with E-state index in [1.54, 1.807) is 29.9 Å². The van der Waals surface area contributed by atoms with E-state index in [4.69, 9.17) is 4.52 Å². The molecular weight excluding hydrogens is 511 g/mol. The second kappa shape index (κ2) is 13.5. The molecule has 10 heteroatoms. The van der Waals surface area contributed by atoms with Gasteiger partial charge in [0.05, 0.1) is 13.1 Å². The van der Waals surface area contributed by atoms with Crippen LogP contribution in [0.25, 0.3) is 11.5 Å². The zero-order valence-corrected chi connectivity index (χ0v) is 23.3. The lowest BCUT2D eigenvalue weighted by Gasteiger charge is -2.32. The molecule has 0 spiro atoms. The van der Waals surface area contributed by atoms with Crippen molar-refractivity contribution in [1.82, 2.24) is 25.5 Å². The third kappa shape index (κ3) is 7.65. The van der Waals surface area contributed by atoms with Crippen molar-refractivity contribution >= 4 is 17.5 Å². The van der Waals surface area contributed by atoms with E-state index in [9.17, 15) is 14.0 Å². The number of fused-ring (bicyclic) bond motifs is 1. The van der Waals surface area contributed by atoms with Crippen LogP contribution in [0.3, 0.4) is 0 Å². The lowest BCUT2D eigenvalue weighted by Crippen LogP contribution is -2.48. The second-order valence-corrected chi connectivity index (χ2v) is 10.5. The number of amides is 2. The molecule has 0 radical (unpaired) electrons. The van der Waals surface area contributed by atoms with Gasteiger partial charge in [0, 0.05) is 37.9 Å². The summed E-state index contributed by atoms with van der Waals surface area (Å²) in [6, 6.07) is 10.4. The summed E-state index contributed by atoms with van der Waals surface area (Å²) in [5, 5.41) is 10.3. The summed E-state index contributed by atoms with van der Waals surface area (Å²) < 4.78 is 19.1. The predicted octanol–water partition coefficient (Wildman–Crippen LogP) is 4.88. The van der Waals surface area contributed by atoms with Crippen LogP contribution >= 0.6 is 0 Å². The Bertz CT molecular complexity index is 1320. The SMILES string of the molecule is C.Cc1noc(-c2ccc(C)c(N(CC(=O)NCCCC(C)C)CC(=O)N(C)N3Cc4ccc(F)cc4C3)c2)n1. The van der Waals surface area contributed by atoms with Crippen LogP contribution in [0.4, 0.5) is 10.1 Å². The van der Waals surface area contributed by atoms with Gasteiger partial charge in [-0.1, -0.05) is 38.6 Å². The molecule has 0 bridgehead atoms. The standard InChI is InChI=1S/C29H37FN6O3.CH4/c1-19(2)7-6-12-31-27(37)17-35(26-14-22(9-8-20(26)3)29-32-21(4)33-39-29)18-28(38)34(5)36-15-23-10-11-25(30)13-24(23)16-36;/h8-11,13-14,19H,6-7,12,15-18H2,1-5H3,(H,31,37);1H4. The molecular formula is C30H41FN6O3. The van der Waals surface area contributed by atoms with Gasteiger partial charge in [0.25, 0.3) is 11.8 Å². The maximum Gasteiger partial charge on any atom is 0.257 e. The van der Waals surface area contributed by atoms with E-state index >= 15 is 0 Å². The van der Waals surface area contributed by atoms with Gasteiger partial charge >= 0.3 is 0 Å². The first-order valence-electron chi connectivity index (χ1n) is 13.3. The number of hydrazine groups is 1. The van der Waals surface area contributed by atoms with Gasteiger partial charge < -0.3 is 14.7 Å². The number of rotatable bonds is 11. The number of carbonyl (C=O) groups excluding carboxylic acids is 2. The second-order valence-electron chi connectivity index (χ2n) is 10.5. The molecule has 0 unspecified atom stereocenters. The van der Waals surface area contributed by atoms with Gasteiger partial charge in [-0.15, -0.1) is 0 Å². The lowest BCUT2D eigenvalue weighted by atomic mass is 10.1. The van der Waals surface area contributed by atoms with E-state index in [0.29, 0.717) is 42.8 Å². The summed E-state index contributed by atoms with van der Waals surface area (Å²) >= 11 is 0. The largest absolute Gasteiger partial charge is 0.355 e. The summed E-state index contributed by atoms with van der Waals surface area (Å²) in [7, 11) is 1.71. The van der Waals surface area contributed by atoms with Crippen molar-refractivity contribution in [2.75, 3.05) is 31.6 Å². The maximum atomic E-state index is 13.7. The number of hydrogen-bond acceptors (Lipinski definition) is 7. The third-order valence-corrected chi connectivity index (χ3v) is 6.92. The molecule has 1 aliphatic heterocycles. The quantitative estimate of drug-likeness (QED) is 0.339. The van der Waals surface area contributed by atoms with Gasteiger partial charge in [0.1, 0.15) is 5.82 Å². The van der Waals surface area contributed by atoms with Crippen molar-refractivity contribution in [3.63, 3.8) is 0 Å². The van der Waals surface area contributed by atoms with Gasteiger partial charge in [-0.05, 0) is 73.6 Å². The van der Waals surface area contributed by atoms with Crippen LogP contribution in [0, 0.1) is 25.6 Å². The molecule has 9 nitrogen and oxygen atoms in total. The fourth-order valence-corrected chi connectivity index (χ4v) is 4.67. The Hall–Kier alpha value is -3.79. The van der Waals surface area contributed by atoms with Crippen molar-refractivity contribution in [3.05, 3.63) is 64.7 Å². The Kier molecular flexibility index (Phi) is 10.4. The van der Waals surface area contributed by atoms with Gasteiger partial charge in [0.15, 0.2) is 5.82 Å². The summed E-state index contributed by atoms with van der Waals surface area (Å²) in [6.07, 6.45) is 1.92. The van der Waals surface area contributed by atoms with E-state index in [2.05, 4.69) is 29.3 Å². The molecule has 0 saturated heterocycles. The topological polar surface area (TPSA) is 94.8 Å². The van der Waals surface area contributed by atoms with Gasteiger partial charge in [-0.2, -0.15) is 4.98 Å². The number of anilines is 1. The van der Waals surface area contributed by atoms with Crippen molar-refractivity contribution in [3.8, 4) is 11.5 Å². The minimum absolute atomic E-state index is 0. The van der Waals surface area contributed by atoms with Crippen molar-refractivity contribution in [1.29, 1.82) is 0 Å². The summed E-state index contributed by atoms with van der Waals surface area (Å²) in [5.41, 5.74) is 4.20. The zero-order chi connectivity index (χ0) is 28.1. The molecule has 0 saturated carbocycles. The number of aromatic nitrogens is 2. The number of halogens is 1. The maximum absolute atomic E-state index is 13.7. The van der Waals surface area contributed by atoms with Crippen molar-refractivity contribution < 1.29 is 18.5 Å². The summed E-state index contributed by atoms with van der Waals surface area (Å²) in [4.78, 5) is 32.6. The van der Waals surface area contributed by atoms with Crippen LogP contribution in [0.2, 0.25) is 0 Å². The molecule has 2 amide bonds. The van der Waals surface area contributed by atoms with E-state index in [1.807, 2.05) is 30.1 Å². The first-order chi connectivity index (χ1) is 18.6. The molecule has 1 aromatic heterocycles. The number of nitrogens with one attached hydrogen (secondary N) is 1. The number of aryl methyl sites for hydroxylation is 2. The van der Waals surface area contributed by atoms with E-state index < -0.39 is 0 Å². The number of benzene rings is 2. The average molecular weight is 553 g/mol. The zero-order valence-electron chi connectivity index (χ0n) is 23.3. The van der Waals surface area contributed by atoms with Crippen LogP contribution in [-0.2, 0) is 22.7 Å². The fraction of sp³-hybridized carbons (Fsp3) is 0.467. The summed E-state index contributed by atoms with van der Waals surface area (Å²) in [6.45, 7) is 9.52. The molecule has 40 heavy (non-hydrogen) atoms. The first kappa shape index (κ1) is 30.7. The number of likely N-dealkylation sites (N-methyl/N-ethyl adjacent to an activating group) is 1. The Balaban J connectivity index is 0.00000441. The highest BCUT2D eigenvalue weighted by molar-refractivity contribution is 5.87. The minimum atomic E-state index is -0.290. The molecule has 216 valence electrons. The molecule has 4 rings (SSSR count). The van der Waals surface area contributed by atoms with Gasteiger partial charge in [0.2, 0.25) is 5.91 Å². The Morgan fingerprint density at radius 2 is 1.85 bits per heavy atom. The van der Waals surface area contributed by atoms with Crippen LogP contribution in [0.15, 0.2) is 40.9 Å². The average Bonchev–Trinajstić information content (AvgIpc) is 3.51. The Labute approximate surface area is 236 Å². The van der Waals surface area contributed by atoms with Crippen LogP contribution in [0.1, 0.15) is 56.6 Å². The third-order valence-electron chi connectivity index (χ3n) is 6.92. The van der Waals surface area contributed by atoms with Crippen molar-refractivity contribution in [2.24, 2.45) is 5.92 Å². The highest BCUT2D eigenvalue weighted by Crippen LogP contribution is 2.28. The van der Waals surface area contributed by atoms with E-state index in [0.717, 1.165) is 35.2 Å². The minimum Gasteiger partial charge on any atom is -0.355 e. The molecule has 0 fully saturated rings. The molecule has 1 N–H and O–H groups in total. The fourth-order valence-electron chi connectivity index (χ4n) is 4.67. The predicted molar refractivity (Wildman–Crippen MR) is 154 cm³/mol. The lowest BCUT2D eigenvalue weighted by molar-refractivity contribution is -0.145. The molecule has 0 atom stereocenters. The Morgan fingerprint density at radius 1 is 1.10 bits per heavy atom. The van der Waals surface area contributed by atoms with Gasteiger partial charge in [-0.25, -0.2) is 9.40 Å². The van der Waals surface area contributed by atoms with Gasteiger partial charge in [-0.3, -0.25) is 14.6 Å². The number of carbonyl (C=O) groups is 2. The highest BCUT2D eigenvalue weighted by Gasteiger charge is 2.27. The Morgan fingerprint density at radius 3 is 2.55 bits per heavy atom. The highest BCUT2D eigenvalue weighted by atomic mass is 19.1. The summed E-state index contributed by atoms with van der Waals surface area (Å²) in [5.74, 6) is 0.830. The molecule has 2 aromatic carbocycles. The van der Waals surface area contributed by atoms with Crippen LogP contribution < -0.4 is 10.2 Å². The normalized spacial score (nSPS) is 12.7. The monoisotopic (exact) mass is 552 g/mol. The first-order valence-corrected chi connectivity index (χ1v) is 13.3.